The van der Waals surface area contributed by atoms with E-state index in [1.54, 1.807) is 13.8 Å². The lowest BCUT2D eigenvalue weighted by molar-refractivity contribution is -0.640. The lowest BCUT2D eigenvalue weighted by Crippen LogP contribution is -2.20. The lowest BCUT2D eigenvalue weighted by Gasteiger charge is -2.09. The van der Waals surface area contributed by atoms with Gasteiger partial charge in [0.1, 0.15) is 6.61 Å². The van der Waals surface area contributed by atoms with E-state index >= 15 is 0 Å². The van der Waals surface area contributed by atoms with Crippen molar-refractivity contribution in [1.82, 2.24) is 4.90 Å². The van der Waals surface area contributed by atoms with Crippen LogP contribution in [0.3, 0.4) is 0 Å². The second-order valence-electron chi connectivity index (χ2n) is 9.40. The minimum Gasteiger partial charge on any atom is -0.466 e. The van der Waals surface area contributed by atoms with Gasteiger partial charge in [-0.25, -0.2) is 19.3 Å². The van der Waals surface area contributed by atoms with Crippen LogP contribution in [0.25, 0.3) is 0 Å². The van der Waals surface area contributed by atoms with Crippen LogP contribution in [0.5, 0.6) is 0 Å². The third-order valence-electron chi connectivity index (χ3n) is 4.61. The number of hydrogen-bond donors (Lipinski definition) is 0. The van der Waals surface area contributed by atoms with Crippen molar-refractivity contribution in [3.63, 3.8) is 0 Å². The number of rotatable bonds is 24. The zero-order chi connectivity index (χ0) is 33.8. The summed E-state index contributed by atoms with van der Waals surface area (Å²) < 4.78 is 24.2. The second-order valence-corrected chi connectivity index (χ2v) is 9.40. The Balaban J connectivity index is 0. The van der Waals surface area contributed by atoms with Gasteiger partial charge in [0.05, 0.1) is 26.4 Å². The molecule has 0 saturated heterocycles. The molecule has 0 fully saturated rings. The first kappa shape index (κ1) is 42.5. The van der Waals surface area contributed by atoms with E-state index in [0.29, 0.717) is 43.4 Å². The molecule has 0 heterocycles. The zero-order valence-electron chi connectivity index (χ0n) is 26.5. The molecule has 0 saturated carbocycles. The predicted molar refractivity (Wildman–Crippen MR) is 155 cm³/mol. The number of carbonyl (C=O) groups is 5. The number of nitrogens with zero attached hydrogens (tertiary/aromatic N) is 1. The van der Waals surface area contributed by atoms with Crippen molar-refractivity contribution in [3.05, 3.63) is 36.5 Å². The van der Waals surface area contributed by atoms with E-state index in [1.807, 2.05) is 19.0 Å². The van der Waals surface area contributed by atoms with E-state index in [2.05, 4.69) is 44.3 Å². The minimum atomic E-state index is -0.576. The Morgan fingerprint density at radius 2 is 0.932 bits per heavy atom. The molecule has 0 aliphatic rings. The molecule has 0 spiro atoms. The van der Waals surface area contributed by atoms with Crippen LogP contribution >= 0.6 is 0 Å². The molecule has 252 valence electrons. The predicted octanol–water partition coefficient (Wildman–Crippen LogP) is 3.09. The Labute approximate surface area is 258 Å². The van der Waals surface area contributed by atoms with Crippen molar-refractivity contribution in [2.75, 3.05) is 60.5 Å². The van der Waals surface area contributed by atoms with Crippen molar-refractivity contribution in [2.45, 2.75) is 59.3 Å². The molecule has 0 amide bonds. The highest BCUT2D eigenvalue weighted by molar-refractivity contribution is 5.87. The Bertz CT molecular complexity index is 862. The fourth-order valence-corrected chi connectivity index (χ4v) is 2.23. The molecule has 0 aromatic carbocycles. The van der Waals surface area contributed by atoms with E-state index in [9.17, 15) is 24.0 Å². The van der Waals surface area contributed by atoms with Crippen LogP contribution in [-0.4, -0.2) is 95.2 Å². The summed E-state index contributed by atoms with van der Waals surface area (Å²) in [4.78, 5) is 67.0. The quantitative estimate of drug-likeness (QED) is 0.0288. The largest absolute Gasteiger partial charge is 0.466 e. The van der Waals surface area contributed by atoms with Crippen molar-refractivity contribution in [2.24, 2.45) is 0 Å². The van der Waals surface area contributed by atoms with Crippen LogP contribution in [-0.2, 0) is 67.5 Å². The SMILES string of the molecule is C=C(C)C(=O)OCCCC(=O)OCCCCOOOOCOC(=O)CCCOC(=O)C(=C)C.C=C(C)C(=O)OCCN(C)C. The van der Waals surface area contributed by atoms with Crippen molar-refractivity contribution >= 4 is 29.8 Å². The van der Waals surface area contributed by atoms with Gasteiger partial charge in [0, 0.05) is 36.1 Å². The molecule has 0 radical (unpaired) electrons. The molecular formula is C29H47NO14. The molecule has 0 aliphatic heterocycles. The van der Waals surface area contributed by atoms with Crippen molar-refractivity contribution < 1.29 is 67.5 Å². The molecule has 15 nitrogen and oxygen atoms in total. The summed E-state index contributed by atoms with van der Waals surface area (Å²) in [6, 6.07) is 0. The zero-order valence-corrected chi connectivity index (χ0v) is 26.5. The van der Waals surface area contributed by atoms with Gasteiger partial charge in [0.15, 0.2) is 0 Å². The van der Waals surface area contributed by atoms with Crippen molar-refractivity contribution in [3.8, 4) is 0 Å². The number of esters is 5. The third kappa shape index (κ3) is 29.8. The average molecular weight is 634 g/mol. The summed E-state index contributed by atoms with van der Waals surface area (Å²) in [5.41, 5.74) is 1.03. The van der Waals surface area contributed by atoms with E-state index < -0.39 is 30.7 Å². The van der Waals surface area contributed by atoms with Crippen LogP contribution in [0.1, 0.15) is 59.3 Å². The summed E-state index contributed by atoms with van der Waals surface area (Å²) in [6.07, 6.45) is 1.86. The maximum atomic E-state index is 11.5. The smallest absolute Gasteiger partial charge is 0.333 e. The standard InChI is InChI=1S/C21H32O12.C8H15NO2/c1-16(2)20(24)27-12-7-9-18(22)26-11-5-6-14-30-32-33-31-15-29-19(23)10-8-13-28-21(25)17(3)4;1-7(2)8(10)11-6-5-9(3)4/h1,3,5-15H2,2,4H3;1,5-6H2,2-4H3. The molecule has 15 heteroatoms. The molecule has 0 aliphatic carbocycles. The number of hydrogen-bond acceptors (Lipinski definition) is 15. The van der Waals surface area contributed by atoms with Crippen LogP contribution in [0.15, 0.2) is 36.5 Å². The maximum absolute atomic E-state index is 11.5. The maximum Gasteiger partial charge on any atom is 0.333 e. The molecule has 0 aromatic heterocycles. The first-order valence-corrected chi connectivity index (χ1v) is 13.8. The molecule has 0 rings (SSSR count). The van der Waals surface area contributed by atoms with Crippen LogP contribution < -0.4 is 0 Å². The summed E-state index contributed by atoms with van der Waals surface area (Å²) in [7, 11) is 3.85. The molecule has 0 N–H and O–H groups in total. The third-order valence-corrected chi connectivity index (χ3v) is 4.61. The van der Waals surface area contributed by atoms with Gasteiger partial charge in [-0.05, 0) is 70.6 Å². The highest BCUT2D eigenvalue weighted by atomic mass is 17.7. The fourth-order valence-electron chi connectivity index (χ4n) is 2.23. The van der Waals surface area contributed by atoms with Crippen LogP contribution in [0, 0.1) is 0 Å². The normalized spacial score (nSPS) is 10.1. The van der Waals surface area contributed by atoms with Crippen molar-refractivity contribution in [1.29, 1.82) is 0 Å². The average Bonchev–Trinajstić information content (AvgIpc) is 2.95. The van der Waals surface area contributed by atoms with E-state index in [-0.39, 0.29) is 50.8 Å². The highest BCUT2D eigenvalue weighted by Gasteiger charge is 2.08. The van der Waals surface area contributed by atoms with E-state index in [4.69, 9.17) is 18.9 Å². The number of likely N-dealkylation sites (N-methyl/N-ethyl adjacent to an activating group) is 1. The van der Waals surface area contributed by atoms with Gasteiger partial charge in [0.2, 0.25) is 6.79 Å². The minimum absolute atomic E-state index is 0.0250. The molecular weight excluding hydrogens is 586 g/mol. The summed E-state index contributed by atoms with van der Waals surface area (Å²) in [5.74, 6) is -2.29. The Morgan fingerprint density at radius 1 is 0.523 bits per heavy atom. The number of unbranched alkanes of at least 4 members (excludes halogenated alkanes) is 1. The molecule has 0 unspecified atom stereocenters. The van der Waals surface area contributed by atoms with Crippen LogP contribution in [0.2, 0.25) is 0 Å². The molecule has 44 heavy (non-hydrogen) atoms. The molecule has 0 bridgehead atoms. The topological polar surface area (TPSA) is 172 Å². The van der Waals surface area contributed by atoms with Gasteiger partial charge in [-0.2, -0.15) is 4.89 Å². The van der Waals surface area contributed by atoms with Gasteiger partial charge >= 0.3 is 29.8 Å². The number of ether oxygens (including phenoxy) is 5. The summed E-state index contributed by atoms with van der Waals surface area (Å²) in [6.45, 7) is 16.3. The van der Waals surface area contributed by atoms with Gasteiger partial charge < -0.3 is 28.6 Å². The van der Waals surface area contributed by atoms with Gasteiger partial charge in [0.25, 0.3) is 0 Å². The Morgan fingerprint density at radius 3 is 1.41 bits per heavy atom. The summed E-state index contributed by atoms with van der Waals surface area (Å²) in [5, 5.41) is 8.45. The first-order valence-electron chi connectivity index (χ1n) is 13.8. The first-order chi connectivity index (χ1) is 20.8. The number of carbonyl (C=O) groups excluding carboxylic acids is 5. The molecule has 0 atom stereocenters. The second kappa shape index (κ2) is 28.2. The monoisotopic (exact) mass is 633 g/mol. The van der Waals surface area contributed by atoms with Gasteiger partial charge in [-0.3, -0.25) is 9.59 Å². The van der Waals surface area contributed by atoms with Crippen LogP contribution in [0.4, 0.5) is 0 Å². The summed E-state index contributed by atoms with van der Waals surface area (Å²) >= 11 is 0. The Kier molecular flexibility index (Phi) is 27.2. The highest BCUT2D eigenvalue weighted by Crippen LogP contribution is 2.01. The van der Waals surface area contributed by atoms with Gasteiger partial charge in [-0.15, -0.1) is 0 Å². The fraction of sp³-hybridized carbons (Fsp3) is 0.621. The van der Waals surface area contributed by atoms with Gasteiger partial charge in [-0.1, -0.05) is 19.7 Å². The lowest BCUT2D eigenvalue weighted by atomic mass is 10.3. The van der Waals surface area contributed by atoms with E-state index in [1.165, 1.54) is 6.92 Å². The Hall–Kier alpha value is -3.63. The molecule has 0 aromatic rings. The van der Waals surface area contributed by atoms with E-state index in [0.717, 1.165) is 6.54 Å².